The third-order valence-electron chi connectivity index (χ3n) is 3.93. The summed E-state index contributed by atoms with van der Waals surface area (Å²) in [5, 5.41) is 10.7. The van der Waals surface area contributed by atoms with Crippen molar-refractivity contribution in [1.82, 2.24) is 4.98 Å². The highest BCUT2D eigenvalue weighted by Crippen LogP contribution is 2.35. The number of carbonyl (C=O) groups excluding carboxylic acids is 1. The molecule has 5 nitrogen and oxygen atoms in total. The molecular weight excluding hydrogens is 280 g/mol. The van der Waals surface area contributed by atoms with Gasteiger partial charge in [0.2, 0.25) is 0 Å². The van der Waals surface area contributed by atoms with Gasteiger partial charge in [-0.3, -0.25) is 19.9 Å². The summed E-state index contributed by atoms with van der Waals surface area (Å²) >= 11 is 0. The fourth-order valence-electron chi connectivity index (χ4n) is 2.85. The molecule has 1 aromatic heterocycles. The molecule has 0 fully saturated rings. The van der Waals surface area contributed by atoms with Crippen LogP contribution in [0.5, 0.6) is 0 Å². The molecule has 0 radical (unpaired) electrons. The molecule has 0 saturated heterocycles. The lowest BCUT2D eigenvalue weighted by molar-refractivity contribution is -0.384. The topological polar surface area (TPSA) is 73.1 Å². The molecule has 1 heterocycles. The van der Waals surface area contributed by atoms with Gasteiger partial charge in [0.1, 0.15) is 0 Å². The Morgan fingerprint density at radius 1 is 1.09 bits per heavy atom. The van der Waals surface area contributed by atoms with E-state index in [0.29, 0.717) is 12.0 Å². The Balaban J connectivity index is 2.00. The maximum Gasteiger partial charge on any atom is 0.269 e. The summed E-state index contributed by atoms with van der Waals surface area (Å²) in [7, 11) is 0. The molecule has 0 aliphatic heterocycles. The van der Waals surface area contributed by atoms with Gasteiger partial charge in [-0.15, -0.1) is 0 Å². The Morgan fingerprint density at radius 2 is 1.77 bits per heavy atom. The van der Waals surface area contributed by atoms with Gasteiger partial charge in [0.05, 0.1) is 16.3 Å². The minimum atomic E-state index is -0.425. The van der Waals surface area contributed by atoms with Crippen molar-refractivity contribution in [2.45, 2.75) is 26.7 Å². The van der Waals surface area contributed by atoms with Crippen LogP contribution in [0.15, 0.2) is 36.4 Å². The lowest BCUT2D eigenvalue weighted by Crippen LogP contribution is -2.27. The van der Waals surface area contributed by atoms with Gasteiger partial charge in [-0.25, -0.2) is 0 Å². The van der Waals surface area contributed by atoms with E-state index >= 15 is 0 Å². The molecule has 2 aromatic rings. The Labute approximate surface area is 128 Å². The summed E-state index contributed by atoms with van der Waals surface area (Å²) in [6.07, 6.45) is 1.30. The maximum atomic E-state index is 12.2. The molecule has 0 unspecified atom stereocenters. The van der Waals surface area contributed by atoms with Crippen LogP contribution >= 0.6 is 0 Å². The highest BCUT2D eigenvalue weighted by Gasteiger charge is 2.31. The van der Waals surface area contributed by atoms with E-state index in [9.17, 15) is 14.9 Å². The van der Waals surface area contributed by atoms with Crippen molar-refractivity contribution in [3.8, 4) is 11.3 Å². The number of aromatic nitrogens is 1. The number of nitro groups is 1. The molecule has 0 atom stereocenters. The molecule has 5 heteroatoms. The molecule has 0 saturated carbocycles. The van der Waals surface area contributed by atoms with E-state index < -0.39 is 4.92 Å². The van der Waals surface area contributed by atoms with Crippen LogP contribution in [0.4, 0.5) is 5.69 Å². The summed E-state index contributed by atoms with van der Waals surface area (Å²) in [4.78, 5) is 27.0. The summed E-state index contributed by atoms with van der Waals surface area (Å²) in [6.45, 7) is 4.13. The van der Waals surface area contributed by atoms with Crippen molar-refractivity contribution >= 4 is 11.5 Å². The van der Waals surface area contributed by atoms with E-state index in [2.05, 4.69) is 18.8 Å². The van der Waals surface area contributed by atoms with Gasteiger partial charge in [0, 0.05) is 29.7 Å². The van der Waals surface area contributed by atoms with E-state index in [4.69, 9.17) is 0 Å². The second kappa shape index (κ2) is 5.02. The first-order valence-electron chi connectivity index (χ1n) is 7.14. The molecule has 22 heavy (non-hydrogen) atoms. The summed E-state index contributed by atoms with van der Waals surface area (Å²) < 4.78 is 0. The molecule has 0 amide bonds. The van der Waals surface area contributed by atoms with E-state index in [-0.39, 0.29) is 16.9 Å². The Morgan fingerprint density at radius 3 is 2.41 bits per heavy atom. The monoisotopic (exact) mass is 296 g/mol. The van der Waals surface area contributed by atoms with Crippen LogP contribution in [0.2, 0.25) is 0 Å². The van der Waals surface area contributed by atoms with Crippen LogP contribution < -0.4 is 0 Å². The predicted octanol–water partition coefficient (Wildman–Crippen LogP) is 3.81. The van der Waals surface area contributed by atoms with Gasteiger partial charge in [-0.2, -0.15) is 0 Å². The van der Waals surface area contributed by atoms with Crippen molar-refractivity contribution < 1.29 is 9.72 Å². The highest BCUT2D eigenvalue weighted by molar-refractivity contribution is 5.98. The number of pyridine rings is 1. The van der Waals surface area contributed by atoms with E-state index in [1.807, 2.05) is 6.07 Å². The second-order valence-corrected chi connectivity index (χ2v) is 6.44. The standard InChI is InChI=1S/C17H16N2O3/c1-17(2)9-15-13(16(20)10-17)7-8-14(18-15)11-3-5-12(6-4-11)19(21)22/h3-8H,9-10H2,1-2H3. The summed E-state index contributed by atoms with van der Waals surface area (Å²) in [6, 6.07) is 9.91. The number of fused-ring (bicyclic) bond motifs is 1. The quantitative estimate of drug-likeness (QED) is 0.624. The average Bonchev–Trinajstić information content (AvgIpc) is 2.45. The fraction of sp³-hybridized carbons (Fsp3) is 0.294. The summed E-state index contributed by atoms with van der Waals surface area (Å²) in [5.41, 5.74) is 3.04. The molecule has 0 spiro atoms. The number of carbonyl (C=O) groups is 1. The zero-order chi connectivity index (χ0) is 15.9. The van der Waals surface area contributed by atoms with Crippen LogP contribution in [-0.2, 0) is 6.42 Å². The van der Waals surface area contributed by atoms with Gasteiger partial charge in [0.15, 0.2) is 5.78 Å². The molecular formula is C17H16N2O3. The third kappa shape index (κ3) is 2.62. The van der Waals surface area contributed by atoms with Gasteiger partial charge < -0.3 is 0 Å². The number of nitrogens with zero attached hydrogens (tertiary/aromatic N) is 2. The van der Waals surface area contributed by atoms with Crippen LogP contribution in [0.1, 0.15) is 36.3 Å². The largest absolute Gasteiger partial charge is 0.294 e. The van der Waals surface area contributed by atoms with Gasteiger partial charge in [0.25, 0.3) is 5.69 Å². The third-order valence-corrected chi connectivity index (χ3v) is 3.93. The average molecular weight is 296 g/mol. The van der Waals surface area contributed by atoms with Crippen molar-refractivity contribution in [2.75, 3.05) is 0 Å². The summed E-state index contributed by atoms with van der Waals surface area (Å²) in [5.74, 6) is 0.133. The van der Waals surface area contributed by atoms with E-state index in [0.717, 1.165) is 23.4 Å². The minimum absolute atomic E-state index is 0.0537. The first-order valence-corrected chi connectivity index (χ1v) is 7.14. The van der Waals surface area contributed by atoms with Crippen LogP contribution in [0, 0.1) is 15.5 Å². The molecule has 3 rings (SSSR count). The van der Waals surface area contributed by atoms with Crippen molar-refractivity contribution in [2.24, 2.45) is 5.41 Å². The Hall–Kier alpha value is -2.56. The van der Waals surface area contributed by atoms with Crippen LogP contribution in [0.3, 0.4) is 0 Å². The maximum absolute atomic E-state index is 12.2. The molecule has 0 N–H and O–H groups in total. The minimum Gasteiger partial charge on any atom is -0.294 e. The zero-order valence-electron chi connectivity index (χ0n) is 12.5. The second-order valence-electron chi connectivity index (χ2n) is 6.44. The van der Waals surface area contributed by atoms with Crippen molar-refractivity contribution in [1.29, 1.82) is 0 Å². The zero-order valence-corrected chi connectivity index (χ0v) is 12.5. The number of non-ortho nitro benzene ring substituents is 1. The first-order chi connectivity index (χ1) is 10.4. The number of hydrogen-bond acceptors (Lipinski definition) is 4. The fourth-order valence-corrected chi connectivity index (χ4v) is 2.85. The number of rotatable bonds is 2. The van der Waals surface area contributed by atoms with Crippen molar-refractivity contribution in [3.05, 3.63) is 57.8 Å². The molecule has 1 aliphatic rings. The van der Waals surface area contributed by atoms with Gasteiger partial charge in [-0.05, 0) is 36.1 Å². The number of nitro benzene ring substituents is 1. The van der Waals surface area contributed by atoms with Crippen LogP contribution in [-0.4, -0.2) is 15.7 Å². The first kappa shape index (κ1) is 14.4. The van der Waals surface area contributed by atoms with Gasteiger partial charge in [-0.1, -0.05) is 13.8 Å². The van der Waals surface area contributed by atoms with Crippen molar-refractivity contribution in [3.63, 3.8) is 0 Å². The smallest absolute Gasteiger partial charge is 0.269 e. The van der Waals surface area contributed by atoms with Crippen LogP contribution in [0.25, 0.3) is 11.3 Å². The lowest BCUT2D eigenvalue weighted by atomic mass is 9.75. The number of hydrogen-bond donors (Lipinski definition) is 0. The SMILES string of the molecule is CC1(C)CC(=O)c2ccc(-c3ccc([N+](=O)[O-])cc3)nc2C1. The van der Waals surface area contributed by atoms with E-state index in [1.54, 1.807) is 18.2 Å². The number of Topliss-reactive ketones (excluding diaryl/α,β-unsaturated/α-hetero) is 1. The molecule has 112 valence electrons. The highest BCUT2D eigenvalue weighted by atomic mass is 16.6. The Kier molecular flexibility index (Phi) is 3.28. The van der Waals surface area contributed by atoms with Gasteiger partial charge >= 0.3 is 0 Å². The lowest BCUT2D eigenvalue weighted by Gasteiger charge is -2.29. The Bertz CT molecular complexity index is 764. The number of ketones is 1. The molecule has 0 bridgehead atoms. The normalized spacial score (nSPS) is 16.2. The number of benzene rings is 1. The molecule has 1 aliphatic carbocycles. The predicted molar refractivity (Wildman–Crippen MR) is 82.8 cm³/mol. The van der Waals surface area contributed by atoms with E-state index in [1.165, 1.54) is 12.1 Å². The molecule has 1 aromatic carbocycles.